The SMILES string of the molecule is Cc1ccc(OCCCCc2ccccc2)c(C)c1. The molecule has 0 amide bonds. The van der Waals surface area contributed by atoms with Gasteiger partial charge in [-0.2, -0.15) is 0 Å². The standard InChI is InChI=1S/C18H22O/c1-15-11-12-18(16(2)14-15)19-13-7-6-10-17-8-4-3-5-9-17/h3-5,8-9,11-12,14H,6-7,10,13H2,1-2H3. The van der Waals surface area contributed by atoms with Crippen LogP contribution in [0, 0.1) is 13.8 Å². The van der Waals surface area contributed by atoms with Crippen LogP contribution in [0.15, 0.2) is 48.5 Å². The van der Waals surface area contributed by atoms with E-state index in [-0.39, 0.29) is 0 Å². The van der Waals surface area contributed by atoms with E-state index in [1.54, 1.807) is 0 Å². The lowest BCUT2D eigenvalue weighted by molar-refractivity contribution is 0.305. The molecule has 1 nitrogen and oxygen atoms in total. The quantitative estimate of drug-likeness (QED) is 0.679. The third-order valence-electron chi connectivity index (χ3n) is 3.29. The molecular formula is C18H22O. The molecule has 0 fully saturated rings. The molecule has 19 heavy (non-hydrogen) atoms. The average molecular weight is 254 g/mol. The topological polar surface area (TPSA) is 9.23 Å². The second kappa shape index (κ2) is 6.98. The van der Waals surface area contributed by atoms with Crippen LogP contribution in [0.5, 0.6) is 5.75 Å². The molecule has 0 aliphatic rings. The van der Waals surface area contributed by atoms with Gasteiger partial charge in [-0.15, -0.1) is 0 Å². The van der Waals surface area contributed by atoms with Gasteiger partial charge in [0.2, 0.25) is 0 Å². The van der Waals surface area contributed by atoms with E-state index in [0.717, 1.165) is 25.2 Å². The van der Waals surface area contributed by atoms with Crippen LogP contribution in [0.1, 0.15) is 29.5 Å². The highest BCUT2D eigenvalue weighted by Gasteiger charge is 1.99. The molecule has 0 aliphatic carbocycles. The molecule has 0 spiro atoms. The van der Waals surface area contributed by atoms with Gasteiger partial charge >= 0.3 is 0 Å². The van der Waals surface area contributed by atoms with Crippen LogP contribution in [0.4, 0.5) is 0 Å². The van der Waals surface area contributed by atoms with E-state index < -0.39 is 0 Å². The Morgan fingerprint density at radius 3 is 2.42 bits per heavy atom. The third kappa shape index (κ3) is 4.44. The van der Waals surface area contributed by atoms with Gasteiger partial charge < -0.3 is 4.74 Å². The zero-order chi connectivity index (χ0) is 13.5. The van der Waals surface area contributed by atoms with Crippen molar-refractivity contribution in [3.05, 3.63) is 65.2 Å². The molecule has 100 valence electrons. The van der Waals surface area contributed by atoms with Crippen LogP contribution < -0.4 is 4.74 Å². The van der Waals surface area contributed by atoms with Crippen molar-refractivity contribution < 1.29 is 4.74 Å². The van der Waals surface area contributed by atoms with E-state index in [2.05, 4.69) is 62.4 Å². The largest absolute Gasteiger partial charge is 0.493 e. The lowest BCUT2D eigenvalue weighted by Crippen LogP contribution is -1.99. The first-order chi connectivity index (χ1) is 9.25. The summed E-state index contributed by atoms with van der Waals surface area (Å²) in [7, 11) is 0. The molecular weight excluding hydrogens is 232 g/mol. The molecule has 0 N–H and O–H groups in total. The van der Waals surface area contributed by atoms with Gasteiger partial charge in [0.25, 0.3) is 0 Å². The number of unbranched alkanes of at least 4 members (excludes halogenated alkanes) is 1. The smallest absolute Gasteiger partial charge is 0.122 e. The Bertz CT molecular complexity index is 502. The Labute approximate surface area is 116 Å². The average Bonchev–Trinajstić information content (AvgIpc) is 2.42. The van der Waals surface area contributed by atoms with Crippen molar-refractivity contribution in [1.82, 2.24) is 0 Å². The normalized spacial score (nSPS) is 10.4. The van der Waals surface area contributed by atoms with Crippen LogP contribution in [0.2, 0.25) is 0 Å². The summed E-state index contributed by atoms with van der Waals surface area (Å²) in [6.45, 7) is 5.01. The molecule has 0 unspecified atom stereocenters. The second-order valence-electron chi connectivity index (χ2n) is 5.06. The van der Waals surface area contributed by atoms with Crippen molar-refractivity contribution >= 4 is 0 Å². The Balaban J connectivity index is 1.69. The molecule has 0 radical (unpaired) electrons. The van der Waals surface area contributed by atoms with Gasteiger partial charge in [0, 0.05) is 0 Å². The zero-order valence-corrected chi connectivity index (χ0v) is 11.9. The maximum Gasteiger partial charge on any atom is 0.122 e. The Kier molecular flexibility index (Phi) is 5.02. The molecule has 0 atom stereocenters. The molecule has 0 saturated carbocycles. The summed E-state index contributed by atoms with van der Waals surface area (Å²) in [5.41, 5.74) is 3.92. The minimum Gasteiger partial charge on any atom is -0.493 e. The number of hydrogen-bond acceptors (Lipinski definition) is 1. The summed E-state index contributed by atoms with van der Waals surface area (Å²) in [5, 5.41) is 0. The van der Waals surface area contributed by atoms with Crippen molar-refractivity contribution in [2.75, 3.05) is 6.61 Å². The molecule has 0 saturated heterocycles. The van der Waals surface area contributed by atoms with Crippen molar-refractivity contribution in [2.45, 2.75) is 33.1 Å². The first-order valence-corrected chi connectivity index (χ1v) is 7.00. The fourth-order valence-electron chi connectivity index (χ4n) is 2.22. The van der Waals surface area contributed by atoms with E-state index in [0.29, 0.717) is 0 Å². The number of rotatable bonds is 6. The lowest BCUT2D eigenvalue weighted by Gasteiger charge is -2.09. The van der Waals surface area contributed by atoms with Crippen molar-refractivity contribution in [2.24, 2.45) is 0 Å². The molecule has 2 rings (SSSR count). The van der Waals surface area contributed by atoms with Gasteiger partial charge in [0.05, 0.1) is 6.61 Å². The van der Waals surface area contributed by atoms with Crippen molar-refractivity contribution in [1.29, 1.82) is 0 Å². The molecule has 2 aromatic rings. The van der Waals surface area contributed by atoms with Crippen molar-refractivity contribution in [3.63, 3.8) is 0 Å². The Hall–Kier alpha value is -1.76. The number of benzene rings is 2. The molecule has 0 heterocycles. The fraction of sp³-hybridized carbons (Fsp3) is 0.333. The van der Waals surface area contributed by atoms with Gasteiger partial charge in [-0.1, -0.05) is 48.0 Å². The fourth-order valence-corrected chi connectivity index (χ4v) is 2.22. The van der Waals surface area contributed by atoms with Gasteiger partial charge in [-0.05, 0) is 50.3 Å². The maximum absolute atomic E-state index is 5.83. The highest BCUT2D eigenvalue weighted by molar-refractivity contribution is 5.35. The lowest BCUT2D eigenvalue weighted by atomic mass is 10.1. The van der Waals surface area contributed by atoms with Crippen LogP contribution in [-0.4, -0.2) is 6.61 Å². The molecule has 0 aromatic heterocycles. The highest BCUT2D eigenvalue weighted by Crippen LogP contribution is 2.19. The maximum atomic E-state index is 5.83. The summed E-state index contributed by atoms with van der Waals surface area (Å²) >= 11 is 0. The number of aryl methyl sites for hydroxylation is 3. The monoisotopic (exact) mass is 254 g/mol. The molecule has 0 bridgehead atoms. The minimum atomic E-state index is 0.802. The predicted molar refractivity (Wildman–Crippen MR) is 80.8 cm³/mol. The summed E-state index contributed by atoms with van der Waals surface area (Å²) in [6, 6.07) is 17.0. The van der Waals surface area contributed by atoms with Crippen LogP contribution >= 0.6 is 0 Å². The summed E-state index contributed by atoms with van der Waals surface area (Å²) < 4.78 is 5.83. The van der Waals surface area contributed by atoms with Gasteiger partial charge in [-0.3, -0.25) is 0 Å². The van der Waals surface area contributed by atoms with Crippen molar-refractivity contribution in [3.8, 4) is 5.75 Å². The van der Waals surface area contributed by atoms with Gasteiger partial charge in [0.15, 0.2) is 0 Å². The van der Waals surface area contributed by atoms with Gasteiger partial charge in [0.1, 0.15) is 5.75 Å². The summed E-state index contributed by atoms with van der Waals surface area (Å²) in [4.78, 5) is 0. The van der Waals surface area contributed by atoms with E-state index >= 15 is 0 Å². The van der Waals surface area contributed by atoms with E-state index in [1.165, 1.54) is 23.1 Å². The van der Waals surface area contributed by atoms with Gasteiger partial charge in [-0.25, -0.2) is 0 Å². The number of hydrogen-bond donors (Lipinski definition) is 0. The first-order valence-electron chi connectivity index (χ1n) is 7.00. The van der Waals surface area contributed by atoms with E-state index in [4.69, 9.17) is 4.74 Å². The van der Waals surface area contributed by atoms with Crippen LogP contribution in [0.3, 0.4) is 0 Å². The zero-order valence-electron chi connectivity index (χ0n) is 11.9. The van der Waals surface area contributed by atoms with Crippen LogP contribution in [0.25, 0.3) is 0 Å². The summed E-state index contributed by atoms with van der Waals surface area (Å²) in [6.07, 6.45) is 3.41. The Morgan fingerprint density at radius 2 is 1.68 bits per heavy atom. The molecule has 0 aliphatic heterocycles. The predicted octanol–water partition coefficient (Wildman–Crippen LogP) is 4.71. The van der Waals surface area contributed by atoms with E-state index in [9.17, 15) is 0 Å². The minimum absolute atomic E-state index is 0.802. The third-order valence-corrected chi connectivity index (χ3v) is 3.29. The highest BCUT2D eigenvalue weighted by atomic mass is 16.5. The Morgan fingerprint density at radius 1 is 0.895 bits per heavy atom. The van der Waals surface area contributed by atoms with E-state index in [1.807, 2.05) is 0 Å². The molecule has 1 heteroatoms. The van der Waals surface area contributed by atoms with Crippen LogP contribution in [-0.2, 0) is 6.42 Å². The first kappa shape index (κ1) is 13.7. The summed E-state index contributed by atoms with van der Waals surface area (Å²) in [5.74, 6) is 1.02. The molecule has 2 aromatic carbocycles. The number of ether oxygens (including phenoxy) is 1. The second-order valence-corrected chi connectivity index (χ2v) is 5.06.